The molecule has 5 aliphatic carbocycles. The lowest BCUT2D eigenvalue weighted by Gasteiger charge is -2.10. The van der Waals surface area contributed by atoms with Crippen LogP contribution in [-0.4, -0.2) is 24.9 Å². The molecule has 0 saturated carbocycles. The number of rotatable bonds is 0. The summed E-state index contributed by atoms with van der Waals surface area (Å²) in [5.74, 6) is 0. The van der Waals surface area contributed by atoms with Gasteiger partial charge in [0.2, 0.25) is 0 Å². The van der Waals surface area contributed by atoms with Crippen LogP contribution in [0.5, 0.6) is 0 Å². The smallest absolute Gasteiger partial charge is 0.0748 e. The SMILES string of the molecule is Cc1cc2c(nc1C)-c1c(C)cccc1C2.Cc1cc2c(nc1C)-c1cccc(C)c1C2.Cc1ccc2c(c1)-c1nc(C)c(C)cc1C2.Cc1ccc2c(c1)Cc1cc(C)c(C)nc1-2.Cc1cccc2c1-c1nc(C)c(C)c(C)c1C2. The van der Waals surface area contributed by atoms with Gasteiger partial charge in [0.1, 0.15) is 0 Å². The molecule has 5 aromatic heterocycles. The second-order valence-electron chi connectivity index (χ2n) is 23.9. The van der Waals surface area contributed by atoms with E-state index in [0.29, 0.717) is 0 Å². The maximum Gasteiger partial charge on any atom is 0.0748 e. The van der Waals surface area contributed by atoms with Crippen LogP contribution in [-0.2, 0) is 32.1 Å². The highest BCUT2D eigenvalue weighted by Gasteiger charge is 2.27. The summed E-state index contributed by atoms with van der Waals surface area (Å²) < 4.78 is 0. The van der Waals surface area contributed by atoms with Gasteiger partial charge in [0.25, 0.3) is 0 Å². The van der Waals surface area contributed by atoms with Gasteiger partial charge in [-0.05, 0) is 223 Å². The van der Waals surface area contributed by atoms with Crippen molar-refractivity contribution in [3.8, 4) is 56.3 Å². The number of aryl methyl sites for hydroxylation is 14. The van der Waals surface area contributed by atoms with E-state index in [1.807, 2.05) is 0 Å². The first-order chi connectivity index (χ1) is 38.7. The molecule has 5 aliphatic rings. The molecular weight excluding hydrogens is 983 g/mol. The molecule has 15 rings (SSSR count). The predicted octanol–water partition coefficient (Wildman–Crippen LogP) is 18.2. The van der Waals surface area contributed by atoms with Gasteiger partial charge < -0.3 is 0 Å². The highest BCUT2D eigenvalue weighted by Crippen LogP contribution is 2.43. The summed E-state index contributed by atoms with van der Waals surface area (Å²) in [7, 11) is 0. The van der Waals surface area contributed by atoms with E-state index in [4.69, 9.17) is 24.9 Å². The summed E-state index contributed by atoms with van der Waals surface area (Å²) in [5.41, 5.74) is 47.2. The van der Waals surface area contributed by atoms with Crippen LogP contribution in [0.3, 0.4) is 0 Å². The van der Waals surface area contributed by atoms with Gasteiger partial charge in [0.15, 0.2) is 0 Å². The van der Waals surface area contributed by atoms with Crippen LogP contribution in [0.1, 0.15) is 145 Å². The Labute approximate surface area is 482 Å². The standard InChI is InChI=1S/C16H17N.4C15H15N/c1-9-6-5-7-13-8-14-11(3)10(2)12(4)17-16(14)15(9)13;1-9-4-5-14-12(6-9)8-13-7-10(2)11(3)16-15(13)14;1-9-4-5-12-8-13-7-10(2)11(3)16-15(13)14(12)6-9;1-9-5-4-6-13-14(9)8-12-7-10(2)11(3)16-15(12)13;1-9-5-4-6-12-8-13-7-10(2)11(3)16-15(13)14(9)12/h5-7H,8H2,1-4H3;4*4-7H,8H2,1-3H3. The quantitative estimate of drug-likeness (QED) is 0.151. The van der Waals surface area contributed by atoms with E-state index in [9.17, 15) is 0 Å². The lowest BCUT2D eigenvalue weighted by molar-refractivity contribution is 1.09. The topological polar surface area (TPSA) is 64.5 Å². The van der Waals surface area contributed by atoms with Crippen molar-refractivity contribution in [2.75, 3.05) is 0 Å². The van der Waals surface area contributed by atoms with Crippen molar-refractivity contribution in [1.29, 1.82) is 0 Å². The fourth-order valence-corrected chi connectivity index (χ4v) is 12.7. The van der Waals surface area contributed by atoms with Gasteiger partial charge in [-0.2, -0.15) is 0 Å². The highest BCUT2D eigenvalue weighted by atomic mass is 14.8. The number of pyridine rings is 5. The zero-order chi connectivity index (χ0) is 57.3. The summed E-state index contributed by atoms with van der Waals surface area (Å²) in [6.07, 6.45) is 5.22. The highest BCUT2D eigenvalue weighted by molar-refractivity contribution is 5.80. The molecule has 0 N–H and O–H groups in total. The van der Waals surface area contributed by atoms with Gasteiger partial charge in [-0.25, -0.2) is 0 Å². The molecular formula is C76H77N5. The van der Waals surface area contributed by atoms with Gasteiger partial charge in [-0.3, -0.25) is 24.9 Å². The van der Waals surface area contributed by atoms with E-state index >= 15 is 0 Å². The minimum absolute atomic E-state index is 1.04. The normalized spacial score (nSPS) is 12.4. The second kappa shape index (κ2) is 21.7. The van der Waals surface area contributed by atoms with Gasteiger partial charge in [0.05, 0.1) is 28.5 Å². The van der Waals surface area contributed by atoms with Gasteiger partial charge >= 0.3 is 0 Å². The Hall–Kier alpha value is -8.15. The molecule has 5 heterocycles. The fraction of sp³-hybridized carbons (Fsp3) is 0.276. The third-order valence-corrected chi connectivity index (χ3v) is 18.1. The monoisotopic (exact) mass is 1060 g/mol. The largest absolute Gasteiger partial charge is 0.253 e. The van der Waals surface area contributed by atoms with Gasteiger partial charge in [0, 0.05) is 88.4 Å². The van der Waals surface area contributed by atoms with E-state index in [1.54, 1.807) is 0 Å². The third kappa shape index (κ3) is 10.4. The molecule has 0 atom stereocenters. The molecule has 0 aliphatic heterocycles. The van der Waals surface area contributed by atoms with Crippen molar-refractivity contribution in [2.24, 2.45) is 0 Å². The number of nitrogens with zero attached hydrogens (tertiary/aromatic N) is 5. The van der Waals surface area contributed by atoms with Crippen LogP contribution in [0.2, 0.25) is 0 Å². The zero-order valence-electron chi connectivity index (χ0n) is 50.7. The first-order valence-electron chi connectivity index (χ1n) is 29.0. The summed E-state index contributed by atoms with van der Waals surface area (Å²) in [4.78, 5) is 23.8. The Kier molecular flexibility index (Phi) is 14.7. The number of benzene rings is 5. The number of aromatic nitrogens is 5. The molecule has 81 heavy (non-hydrogen) atoms. The van der Waals surface area contributed by atoms with E-state index in [-0.39, 0.29) is 0 Å². The van der Waals surface area contributed by atoms with E-state index < -0.39 is 0 Å². The molecule has 5 heteroatoms. The van der Waals surface area contributed by atoms with E-state index in [1.165, 1.54) is 173 Å². The number of hydrogen-bond donors (Lipinski definition) is 0. The molecule has 5 aromatic carbocycles. The van der Waals surface area contributed by atoms with Crippen LogP contribution < -0.4 is 0 Å². The van der Waals surface area contributed by atoms with Gasteiger partial charge in [-0.15, -0.1) is 0 Å². The van der Waals surface area contributed by atoms with Crippen molar-refractivity contribution >= 4 is 0 Å². The van der Waals surface area contributed by atoms with Crippen molar-refractivity contribution in [3.05, 3.63) is 261 Å². The molecule has 406 valence electrons. The maximum atomic E-state index is 4.82. The molecule has 0 saturated heterocycles. The maximum absolute atomic E-state index is 4.82. The molecule has 0 bridgehead atoms. The Balaban J connectivity index is 0.000000107. The zero-order valence-corrected chi connectivity index (χ0v) is 50.7. The molecule has 0 unspecified atom stereocenters. The third-order valence-electron chi connectivity index (χ3n) is 18.1. The summed E-state index contributed by atoms with van der Waals surface area (Å²) in [5, 5.41) is 0. The molecule has 0 spiro atoms. The Morgan fingerprint density at radius 1 is 0.247 bits per heavy atom. The molecule has 10 aromatic rings. The lowest BCUT2D eigenvalue weighted by Crippen LogP contribution is -1.98. The van der Waals surface area contributed by atoms with Crippen LogP contribution >= 0.6 is 0 Å². The van der Waals surface area contributed by atoms with E-state index in [2.05, 4.69) is 226 Å². The fourth-order valence-electron chi connectivity index (χ4n) is 12.7. The minimum atomic E-state index is 1.04. The van der Waals surface area contributed by atoms with Crippen molar-refractivity contribution in [2.45, 2.75) is 143 Å². The Morgan fingerprint density at radius 2 is 0.667 bits per heavy atom. The Morgan fingerprint density at radius 3 is 1.27 bits per heavy atom. The average molecular weight is 1060 g/mol. The first-order valence-corrected chi connectivity index (χ1v) is 29.0. The van der Waals surface area contributed by atoms with Gasteiger partial charge in [-0.1, -0.05) is 120 Å². The first kappa shape index (κ1) is 54.8. The molecule has 5 nitrogen and oxygen atoms in total. The van der Waals surface area contributed by atoms with E-state index in [0.717, 1.165) is 60.6 Å². The van der Waals surface area contributed by atoms with Crippen molar-refractivity contribution in [3.63, 3.8) is 0 Å². The summed E-state index contributed by atoms with van der Waals surface area (Å²) in [6.45, 7) is 34.2. The predicted molar refractivity (Wildman–Crippen MR) is 338 cm³/mol. The van der Waals surface area contributed by atoms with Crippen LogP contribution in [0.15, 0.2) is 115 Å². The lowest BCUT2D eigenvalue weighted by atomic mass is 10.0. The van der Waals surface area contributed by atoms with Crippen LogP contribution in [0.4, 0.5) is 0 Å². The molecule has 0 amide bonds. The van der Waals surface area contributed by atoms with Crippen molar-refractivity contribution < 1.29 is 0 Å². The molecule has 0 fully saturated rings. The number of fused-ring (bicyclic) bond motifs is 15. The minimum Gasteiger partial charge on any atom is -0.253 e. The summed E-state index contributed by atoms with van der Waals surface area (Å²) in [6, 6.07) is 42.1. The van der Waals surface area contributed by atoms with Crippen LogP contribution in [0, 0.1) is 111 Å². The average Bonchev–Trinajstić information content (AvgIpc) is 4.47. The Bertz CT molecular complexity index is 4200. The second-order valence-corrected chi connectivity index (χ2v) is 23.9. The molecule has 0 radical (unpaired) electrons. The number of hydrogen-bond acceptors (Lipinski definition) is 5. The van der Waals surface area contributed by atoms with Crippen molar-refractivity contribution in [1.82, 2.24) is 24.9 Å². The van der Waals surface area contributed by atoms with Crippen LogP contribution in [0.25, 0.3) is 56.3 Å². The summed E-state index contributed by atoms with van der Waals surface area (Å²) >= 11 is 0.